The van der Waals surface area contributed by atoms with Gasteiger partial charge >= 0.3 is 0 Å². The summed E-state index contributed by atoms with van der Waals surface area (Å²) < 4.78 is 0. The summed E-state index contributed by atoms with van der Waals surface area (Å²) in [6, 6.07) is 0. The first kappa shape index (κ1) is 11.1. The molecule has 0 radical (unpaired) electrons. The van der Waals surface area contributed by atoms with Crippen molar-refractivity contribution in [1.82, 2.24) is 0 Å². The molecule has 1 nitrogen and oxygen atoms in total. The van der Waals surface area contributed by atoms with Gasteiger partial charge in [-0.05, 0) is 68.6 Å². The molecule has 0 spiro atoms. The third-order valence-electron chi connectivity index (χ3n) is 5.98. The van der Waals surface area contributed by atoms with Crippen molar-refractivity contribution in [2.45, 2.75) is 70.3 Å². The average Bonchev–Trinajstić information content (AvgIpc) is 2.92. The number of hydrogen-bond donors (Lipinski definition) is 1. The summed E-state index contributed by atoms with van der Waals surface area (Å²) >= 11 is 0. The van der Waals surface area contributed by atoms with E-state index in [1.165, 1.54) is 44.9 Å². The Kier molecular flexibility index (Phi) is 2.78. The van der Waals surface area contributed by atoms with E-state index in [1.807, 2.05) is 0 Å². The molecule has 3 saturated carbocycles. The summed E-state index contributed by atoms with van der Waals surface area (Å²) in [6.45, 7) is 2.30. The zero-order valence-corrected chi connectivity index (χ0v) is 10.6. The lowest BCUT2D eigenvalue weighted by Crippen LogP contribution is -2.43. The van der Waals surface area contributed by atoms with Gasteiger partial charge in [0.15, 0.2) is 0 Å². The minimum atomic E-state index is -0.258. The molecule has 0 aliphatic heterocycles. The van der Waals surface area contributed by atoms with Crippen LogP contribution in [0.3, 0.4) is 0 Å². The van der Waals surface area contributed by atoms with Crippen LogP contribution in [0.4, 0.5) is 0 Å². The molecule has 3 rings (SSSR count). The summed E-state index contributed by atoms with van der Waals surface area (Å²) in [5.41, 5.74) is -0.258. The molecule has 2 bridgehead atoms. The first-order valence-electron chi connectivity index (χ1n) is 7.43. The van der Waals surface area contributed by atoms with Gasteiger partial charge in [0.05, 0.1) is 5.60 Å². The van der Waals surface area contributed by atoms with E-state index in [9.17, 15) is 5.11 Å². The summed E-state index contributed by atoms with van der Waals surface area (Å²) in [6.07, 6.45) is 11.7. The number of aliphatic hydroxyl groups is 1. The molecule has 92 valence electrons. The summed E-state index contributed by atoms with van der Waals surface area (Å²) in [5.74, 6) is 3.43. The van der Waals surface area contributed by atoms with Crippen LogP contribution in [0.25, 0.3) is 0 Å². The van der Waals surface area contributed by atoms with E-state index in [0.717, 1.165) is 30.6 Å². The van der Waals surface area contributed by atoms with Gasteiger partial charge in [0, 0.05) is 0 Å². The van der Waals surface area contributed by atoms with E-state index in [1.54, 1.807) is 0 Å². The third-order valence-corrected chi connectivity index (χ3v) is 5.98. The van der Waals surface area contributed by atoms with Crippen LogP contribution < -0.4 is 0 Å². The lowest BCUT2D eigenvalue weighted by atomic mass is 9.67. The standard InChI is InChI=1S/C15H26O/c1-2-11-5-7-15(16,8-6-11)14-10-12-3-4-13(14)9-12/h11-14,16H,2-10H2,1H3. The monoisotopic (exact) mass is 222 g/mol. The Balaban J connectivity index is 1.66. The second-order valence-electron chi connectivity index (χ2n) is 6.74. The van der Waals surface area contributed by atoms with Crippen LogP contribution >= 0.6 is 0 Å². The topological polar surface area (TPSA) is 20.2 Å². The van der Waals surface area contributed by atoms with Crippen LogP contribution in [0.15, 0.2) is 0 Å². The highest BCUT2D eigenvalue weighted by Gasteiger charge is 2.50. The lowest BCUT2D eigenvalue weighted by Gasteiger charge is -2.43. The Morgan fingerprint density at radius 3 is 2.31 bits per heavy atom. The molecular formula is C15H26O. The number of hydrogen-bond acceptors (Lipinski definition) is 1. The van der Waals surface area contributed by atoms with Gasteiger partial charge < -0.3 is 5.11 Å². The molecule has 0 aromatic rings. The van der Waals surface area contributed by atoms with Crippen LogP contribution in [0, 0.1) is 23.7 Å². The van der Waals surface area contributed by atoms with Crippen molar-refractivity contribution >= 4 is 0 Å². The van der Waals surface area contributed by atoms with Gasteiger partial charge in [-0.3, -0.25) is 0 Å². The predicted molar refractivity (Wildman–Crippen MR) is 66.1 cm³/mol. The molecule has 1 heteroatoms. The van der Waals surface area contributed by atoms with Gasteiger partial charge in [0.2, 0.25) is 0 Å². The first-order valence-corrected chi connectivity index (χ1v) is 7.43. The van der Waals surface area contributed by atoms with Gasteiger partial charge in [0.25, 0.3) is 0 Å². The molecule has 0 aromatic carbocycles. The van der Waals surface area contributed by atoms with Crippen LogP contribution in [-0.2, 0) is 0 Å². The molecule has 3 unspecified atom stereocenters. The predicted octanol–water partition coefficient (Wildman–Crippen LogP) is 3.75. The molecule has 3 aliphatic carbocycles. The van der Waals surface area contributed by atoms with Crippen LogP contribution in [0.5, 0.6) is 0 Å². The Bertz CT molecular complexity index is 252. The van der Waals surface area contributed by atoms with Gasteiger partial charge in [-0.15, -0.1) is 0 Å². The van der Waals surface area contributed by atoms with E-state index >= 15 is 0 Å². The fraction of sp³-hybridized carbons (Fsp3) is 1.00. The maximum Gasteiger partial charge on any atom is 0.0678 e. The van der Waals surface area contributed by atoms with Gasteiger partial charge in [-0.2, -0.15) is 0 Å². The number of fused-ring (bicyclic) bond motifs is 2. The molecule has 3 aliphatic rings. The summed E-state index contributed by atoms with van der Waals surface area (Å²) in [5, 5.41) is 10.9. The Morgan fingerprint density at radius 2 is 1.81 bits per heavy atom. The van der Waals surface area contributed by atoms with Crippen LogP contribution in [-0.4, -0.2) is 10.7 Å². The quantitative estimate of drug-likeness (QED) is 0.754. The molecule has 0 saturated heterocycles. The minimum absolute atomic E-state index is 0.258. The van der Waals surface area contributed by atoms with Crippen LogP contribution in [0.2, 0.25) is 0 Å². The molecule has 3 atom stereocenters. The minimum Gasteiger partial charge on any atom is -0.390 e. The van der Waals surface area contributed by atoms with Crippen molar-refractivity contribution in [3.05, 3.63) is 0 Å². The van der Waals surface area contributed by atoms with Gasteiger partial charge in [0.1, 0.15) is 0 Å². The summed E-state index contributed by atoms with van der Waals surface area (Å²) in [4.78, 5) is 0. The van der Waals surface area contributed by atoms with Crippen molar-refractivity contribution in [2.75, 3.05) is 0 Å². The molecule has 0 aromatic heterocycles. The SMILES string of the molecule is CCC1CCC(O)(C2CC3CCC2C3)CC1. The maximum absolute atomic E-state index is 10.9. The third kappa shape index (κ3) is 1.72. The largest absolute Gasteiger partial charge is 0.390 e. The van der Waals surface area contributed by atoms with Crippen molar-refractivity contribution in [3.63, 3.8) is 0 Å². The second-order valence-corrected chi connectivity index (χ2v) is 6.74. The van der Waals surface area contributed by atoms with E-state index < -0.39 is 0 Å². The molecular weight excluding hydrogens is 196 g/mol. The van der Waals surface area contributed by atoms with Crippen LogP contribution in [0.1, 0.15) is 64.7 Å². The molecule has 0 amide bonds. The zero-order valence-electron chi connectivity index (χ0n) is 10.6. The second kappa shape index (κ2) is 4.01. The molecule has 0 heterocycles. The average molecular weight is 222 g/mol. The van der Waals surface area contributed by atoms with E-state index in [0.29, 0.717) is 5.92 Å². The van der Waals surface area contributed by atoms with E-state index in [4.69, 9.17) is 0 Å². The fourth-order valence-electron chi connectivity index (χ4n) is 4.86. The fourth-order valence-corrected chi connectivity index (χ4v) is 4.86. The Morgan fingerprint density at radius 1 is 1.06 bits per heavy atom. The zero-order chi connectivity index (χ0) is 11.2. The van der Waals surface area contributed by atoms with E-state index in [2.05, 4.69) is 6.92 Å². The highest BCUT2D eigenvalue weighted by Crippen LogP contribution is 2.55. The Hall–Kier alpha value is -0.0400. The molecule has 1 N–H and O–H groups in total. The smallest absolute Gasteiger partial charge is 0.0678 e. The van der Waals surface area contributed by atoms with Crippen molar-refractivity contribution in [2.24, 2.45) is 23.7 Å². The molecule has 16 heavy (non-hydrogen) atoms. The van der Waals surface area contributed by atoms with Gasteiger partial charge in [-0.1, -0.05) is 19.8 Å². The highest BCUT2D eigenvalue weighted by molar-refractivity contribution is 5.01. The van der Waals surface area contributed by atoms with Crippen molar-refractivity contribution in [1.29, 1.82) is 0 Å². The first-order chi connectivity index (χ1) is 7.71. The lowest BCUT2D eigenvalue weighted by molar-refractivity contribution is -0.0770. The number of rotatable bonds is 2. The summed E-state index contributed by atoms with van der Waals surface area (Å²) in [7, 11) is 0. The molecule has 3 fully saturated rings. The van der Waals surface area contributed by atoms with Crippen molar-refractivity contribution in [3.8, 4) is 0 Å². The normalized spacial score (nSPS) is 52.1. The van der Waals surface area contributed by atoms with E-state index in [-0.39, 0.29) is 5.60 Å². The Labute approximate surface area is 99.6 Å². The maximum atomic E-state index is 10.9. The van der Waals surface area contributed by atoms with Crippen molar-refractivity contribution < 1.29 is 5.11 Å². The highest BCUT2D eigenvalue weighted by atomic mass is 16.3. The van der Waals surface area contributed by atoms with Gasteiger partial charge in [-0.25, -0.2) is 0 Å².